The number of ether oxygens (including phenoxy) is 1. The Kier molecular flexibility index (Phi) is 9.22. The van der Waals surface area contributed by atoms with Gasteiger partial charge in [0.15, 0.2) is 11.8 Å². The number of halogens is 1. The molecule has 3 fully saturated rings. The molecule has 7 nitrogen and oxygen atoms in total. The predicted octanol–water partition coefficient (Wildman–Crippen LogP) is 3.80. The van der Waals surface area contributed by atoms with E-state index < -0.39 is 0 Å². The van der Waals surface area contributed by atoms with Gasteiger partial charge in [0.2, 0.25) is 0 Å². The minimum atomic E-state index is 0. The topological polar surface area (TPSA) is 67.6 Å². The van der Waals surface area contributed by atoms with Crippen molar-refractivity contribution in [3.8, 4) is 0 Å². The van der Waals surface area contributed by atoms with Crippen molar-refractivity contribution >= 4 is 29.9 Å². The maximum Gasteiger partial charge on any atom is 0.194 e. The number of nitrogens with one attached hydrogen (secondary N) is 1. The van der Waals surface area contributed by atoms with Crippen LogP contribution in [0.1, 0.15) is 75.9 Å². The van der Waals surface area contributed by atoms with E-state index in [1.165, 1.54) is 51.4 Å². The van der Waals surface area contributed by atoms with Crippen molar-refractivity contribution in [1.29, 1.82) is 0 Å². The van der Waals surface area contributed by atoms with Gasteiger partial charge < -0.3 is 19.5 Å². The summed E-state index contributed by atoms with van der Waals surface area (Å²) in [7, 11) is 2.01. The lowest BCUT2D eigenvalue weighted by Gasteiger charge is -2.35. The summed E-state index contributed by atoms with van der Waals surface area (Å²) in [6, 6.07) is 0.561. The molecule has 30 heavy (non-hydrogen) atoms. The van der Waals surface area contributed by atoms with Crippen molar-refractivity contribution in [2.45, 2.75) is 89.8 Å². The maximum atomic E-state index is 6.27. The summed E-state index contributed by atoms with van der Waals surface area (Å²) in [4.78, 5) is 7.38. The summed E-state index contributed by atoms with van der Waals surface area (Å²) < 4.78 is 8.30. The van der Waals surface area contributed by atoms with Crippen LogP contribution in [0.25, 0.3) is 0 Å². The zero-order valence-corrected chi connectivity index (χ0v) is 21.0. The van der Waals surface area contributed by atoms with Crippen LogP contribution in [0.4, 0.5) is 0 Å². The highest BCUT2D eigenvalue weighted by molar-refractivity contribution is 14.0. The van der Waals surface area contributed by atoms with E-state index in [0.29, 0.717) is 18.7 Å². The van der Waals surface area contributed by atoms with Crippen LogP contribution in [0, 0.1) is 12.8 Å². The summed E-state index contributed by atoms with van der Waals surface area (Å²) in [6.45, 7) is 5.56. The first-order valence-corrected chi connectivity index (χ1v) is 11.7. The minimum absolute atomic E-state index is 0. The van der Waals surface area contributed by atoms with Crippen LogP contribution in [0.3, 0.4) is 0 Å². The molecule has 1 N–H and O–H groups in total. The zero-order chi connectivity index (χ0) is 20.1. The van der Waals surface area contributed by atoms with Crippen LogP contribution in [0.5, 0.6) is 0 Å². The molecular weight excluding hydrogens is 491 g/mol. The third kappa shape index (κ3) is 6.31. The molecule has 1 aromatic heterocycles. The van der Waals surface area contributed by atoms with Gasteiger partial charge in [0, 0.05) is 32.8 Å². The van der Waals surface area contributed by atoms with Crippen LogP contribution < -0.4 is 5.32 Å². The molecule has 170 valence electrons. The van der Waals surface area contributed by atoms with E-state index >= 15 is 0 Å². The Morgan fingerprint density at radius 1 is 1.03 bits per heavy atom. The zero-order valence-electron chi connectivity index (χ0n) is 18.7. The highest BCUT2D eigenvalue weighted by Gasteiger charge is 2.26. The van der Waals surface area contributed by atoms with Gasteiger partial charge in [-0.05, 0) is 51.4 Å². The second-order valence-corrected chi connectivity index (χ2v) is 9.16. The molecule has 0 unspecified atom stereocenters. The summed E-state index contributed by atoms with van der Waals surface area (Å²) >= 11 is 0. The molecule has 0 bridgehead atoms. The molecule has 1 aromatic rings. The number of hydrogen-bond donors (Lipinski definition) is 1. The summed E-state index contributed by atoms with van der Waals surface area (Å²) in [5, 5.41) is 12.2. The Morgan fingerprint density at radius 2 is 1.70 bits per heavy atom. The Morgan fingerprint density at radius 3 is 2.33 bits per heavy atom. The van der Waals surface area contributed by atoms with Crippen LogP contribution in [-0.4, -0.2) is 57.5 Å². The normalized spacial score (nSPS) is 21.9. The highest BCUT2D eigenvalue weighted by atomic mass is 127. The van der Waals surface area contributed by atoms with Crippen molar-refractivity contribution in [3.63, 3.8) is 0 Å². The number of hydrogen-bond acceptors (Lipinski definition) is 4. The molecule has 0 spiro atoms. The standard InChI is InChI=1S/C22H38N6O.HI/c1-17-25-26-21(27(17)2)15-23-22(24-19-9-5-6-10-19)28-13-11-20(12-14-28)29-16-18-7-3-4-8-18;/h18-20H,3-16H2,1-2H3,(H,23,24);1H. The van der Waals surface area contributed by atoms with Gasteiger partial charge in [-0.1, -0.05) is 25.7 Å². The van der Waals surface area contributed by atoms with E-state index in [4.69, 9.17) is 9.73 Å². The van der Waals surface area contributed by atoms with Crippen molar-refractivity contribution in [1.82, 2.24) is 25.0 Å². The van der Waals surface area contributed by atoms with Crippen molar-refractivity contribution in [3.05, 3.63) is 11.6 Å². The Bertz CT molecular complexity index is 673. The summed E-state index contributed by atoms with van der Waals surface area (Å²) in [6.07, 6.45) is 13.3. The molecule has 1 aliphatic heterocycles. The quantitative estimate of drug-likeness (QED) is 0.345. The molecule has 2 saturated carbocycles. The molecule has 1 saturated heterocycles. The fourth-order valence-electron chi connectivity index (χ4n) is 4.91. The first-order chi connectivity index (χ1) is 14.2. The van der Waals surface area contributed by atoms with E-state index in [9.17, 15) is 0 Å². The fraction of sp³-hybridized carbons (Fsp3) is 0.864. The van der Waals surface area contributed by atoms with Crippen LogP contribution in [0.2, 0.25) is 0 Å². The molecule has 8 heteroatoms. The van der Waals surface area contributed by atoms with Crippen LogP contribution in [0.15, 0.2) is 4.99 Å². The van der Waals surface area contributed by atoms with E-state index in [2.05, 4.69) is 20.4 Å². The van der Waals surface area contributed by atoms with E-state index in [1.54, 1.807) is 0 Å². The van der Waals surface area contributed by atoms with E-state index in [-0.39, 0.29) is 24.0 Å². The van der Waals surface area contributed by atoms with E-state index in [1.807, 2.05) is 18.5 Å². The van der Waals surface area contributed by atoms with Crippen molar-refractivity contribution < 1.29 is 4.74 Å². The Balaban J connectivity index is 0.00000256. The smallest absolute Gasteiger partial charge is 0.194 e. The predicted molar refractivity (Wildman–Crippen MR) is 130 cm³/mol. The molecular formula is C22H39IN6O. The van der Waals surface area contributed by atoms with Gasteiger partial charge in [0.05, 0.1) is 6.10 Å². The molecule has 0 aromatic carbocycles. The number of nitrogens with zero attached hydrogens (tertiary/aromatic N) is 5. The molecule has 4 rings (SSSR count). The van der Waals surface area contributed by atoms with Gasteiger partial charge in [-0.3, -0.25) is 0 Å². The van der Waals surface area contributed by atoms with Gasteiger partial charge in [-0.15, -0.1) is 34.2 Å². The number of rotatable bonds is 6. The number of piperidine rings is 1. The second-order valence-electron chi connectivity index (χ2n) is 9.16. The molecule has 3 aliphatic rings. The molecule has 0 atom stereocenters. The summed E-state index contributed by atoms with van der Waals surface area (Å²) in [5.41, 5.74) is 0. The number of guanidine groups is 1. The lowest BCUT2D eigenvalue weighted by atomic mass is 10.1. The van der Waals surface area contributed by atoms with Gasteiger partial charge in [0.1, 0.15) is 12.4 Å². The number of aryl methyl sites for hydroxylation is 1. The molecule has 0 amide bonds. The van der Waals surface area contributed by atoms with Gasteiger partial charge >= 0.3 is 0 Å². The lowest BCUT2D eigenvalue weighted by Crippen LogP contribution is -2.49. The Labute approximate surface area is 198 Å². The highest BCUT2D eigenvalue weighted by Crippen LogP contribution is 2.26. The third-order valence-corrected chi connectivity index (χ3v) is 7.03. The van der Waals surface area contributed by atoms with Gasteiger partial charge in [0.25, 0.3) is 0 Å². The number of likely N-dealkylation sites (tertiary alicyclic amines) is 1. The first kappa shape index (κ1) is 23.8. The van der Waals surface area contributed by atoms with Crippen LogP contribution in [-0.2, 0) is 18.3 Å². The van der Waals surface area contributed by atoms with Crippen LogP contribution >= 0.6 is 24.0 Å². The average Bonchev–Trinajstić information content (AvgIpc) is 3.50. The summed E-state index contributed by atoms with van der Waals surface area (Å²) in [5.74, 6) is 3.71. The lowest BCUT2D eigenvalue weighted by molar-refractivity contribution is 0.000922. The van der Waals surface area contributed by atoms with Gasteiger partial charge in [-0.25, -0.2) is 4.99 Å². The third-order valence-electron chi connectivity index (χ3n) is 7.03. The fourth-order valence-corrected chi connectivity index (χ4v) is 4.91. The minimum Gasteiger partial charge on any atom is -0.378 e. The Hall–Kier alpha value is -0.900. The number of aromatic nitrogens is 3. The first-order valence-electron chi connectivity index (χ1n) is 11.7. The molecule has 2 aliphatic carbocycles. The van der Waals surface area contributed by atoms with Crippen molar-refractivity contribution in [2.75, 3.05) is 19.7 Å². The largest absolute Gasteiger partial charge is 0.378 e. The molecule has 0 radical (unpaired) electrons. The maximum absolute atomic E-state index is 6.27. The SMILES string of the molecule is Cc1nnc(CN=C(NC2CCCC2)N2CCC(OCC3CCCC3)CC2)n1C.I. The van der Waals surface area contributed by atoms with E-state index in [0.717, 1.165) is 56.1 Å². The number of aliphatic imine (C=N–C) groups is 1. The van der Waals surface area contributed by atoms with Gasteiger partial charge in [-0.2, -0.15) is 0 Å². The monoisotopic (exact) mass is 530 g/mol. The molecule has 2 heterocycles. The average molecular weight is 530 g/mol. The second kappa shape index (κ2) is 11.6. The van der Waals surface area contributed by atoms with Crippen molar-refractivity contribution in [2.24, 2.45) is 18.0 Å².